The molecule has 0 bridgehead atoms. The highest BCUT2D eigenvalue weighted by molar-refractivity contribution is 7.15. The molecule has 0 aliphatic heterocycles. The molecule has 0 unspecified atom stereocenters. The maximum absolute atomic E-state index is 11.1. The van der Waals surface area contributed by atoms with E-state index in [-0.39, 0.29) is 5.91 Å². The van der Waals surface area contributed by atoms with E-state index in [9.17, 15) is 4.79 Å². The van der Waals surface area contributed by atoms with Crippen LogP contribution in [0.5, 0.6) is 0 Å². The summed E-state index contributed by atoms with van der Waals surface area (Å²) in [7, 11) is 0. The Kier molecular flexibility index (Phi) is 5.53. The first-order valence-corrected chi connectivity index (χ1v) is 8.07. The lowest BCUT2D eigenvalue weighted by molar-refractivity contribution is 0.100. The van der Waals surface area contributed by atoms with E-state index in [1.807, 2.05) is 12.1 Å². The fraction of sp³-hybridized carbons (Fsp3) is 0.353. The van der Waals surface area contributed by atoms with Crippen molar-refractivity contribution >= 4 is 17.2 Å². The number of carbonyl (C=O) groups is 1. The highest BCUT2D eigenvalue weighted by Crippen LogP contribution is 2.28. The fourth-order valence-corrected chi connectivity index (χ4v) is 3.01. The third-order valence-corrected chi connectivity index (χ3v) is 4.45. The summed E-state index contributed by atoms with van der Waals surface area (Å²) in [4.78, 5) is 13.6. The van der Waals surface area contributed by atoms with Gasteiger partial charge in [-0.05, 0) is 48.7 Å². The lowest BCUT2D eigenvalue weighted by Gasteiger charge is -2.05. The van der Waals surface area contributed by atoms with Crippen LogP contribution in [0.1, 0.15) is 35.5 Å². The molecule has 4 heteroatoms. The van der Waals surface area contributed by atoms with Crippen LogP contribution in [0.15, 0.2) is 36.4 Å². The highest BCUT2D eigenvalue weighted by atomic mass is 32.1. The van der Waals surface area contributed by atoms with Crippen LogP contribution < -0.4 is 11.1 Å². The van der Waals surface area contributed by atoms with Crippen molar-refractivity contribution in [3.63, 3.8) is 0 Å². The van der Waals surface area contributed by atoms with Crippen molar-refractivity contribution in [2.24, 2.45) is 11.7 Å². The van der Waals surface area contributed by atoms with E-state index >= 15 is 0 Å². The van der Waals surface area contributed by atoms with E-state index < -0.39 is 0 Å². The van der Waals surface area contributed by atoms with Gasteiger partial charge in [0.15, 0.2) is 0 Å². The zero-order chi connectivity index (χ0) is 15.2. The standard InChI is InChI=1S/C17H22N2OS/c1-12(2)9-10-19-11-15-7-8-16(21-15)13-3-5-14(6-4-13)17(18)20/h3-8,12,19H,9-11H2,1-2H3,(H2,18,20). The SMILES string of the molecule is CC(C)CCNCc1ccc(-c2ccc(C(N)=O)cc2)s1. The summed E-state index contributed by atoms with van der Waals surface area (Å²) in [6.45, 7) is 6.44. The van der Waals surface area contributed by atoms with Crippen molar-refractivity contribution in [2.75, 3.05) is 6.54 Å². The van der Waals surface area contributed by atoms with Crippen LogP contribution >= 0.6 is 11.3 Å². The molecular weight excluding hydrogens is 280 g/mol. The first-order valence-electron chi connectivity index (χ1n) is 7.26. The maximum atomic E-state index is 11.1. The van der Waals surface area contributed by atoms with E-state index in [1.165, 1.54) is 16.2 Å². The number of thiophene rings is 1. The summed E-state index contributed by atoms with van der Waals surface area (Å²) in [5.74, 6) is 0.350. The average Bonchev–Trinajstić information content (AvgIpc) is 2.92. The van der Waals surface area contributed by atoms with E-state index in [4.69, 9.17) is 5.73 Å². The second-order valence-corrected chi connectivity index (χ2v) is 6.74. The summed E-state index contributed by atoms with van der Waals surface area (Å²) < 4.78 is 0. The molecule has 0 saturated heterocycles. The lowest BCUT2D eigenvalue weighted by Crippen LogP contribution is -2.15. The zero-order valence-corrected chi connectivity index (χ0v) is 13.4. The Balaban J connectivity index is 1.94. The summed E-state index contributed by atoms with van der Waals surface area (Å²) in [6.07, 6.45) is 1.20. The smallest absolute Gasteiger partial charge is 0.248 e. The minimum atomic E-state index is -0.386. The highest BCUT2D eigenvalue weighted by Gasteiger charge is 2.05. The number of rotatable bonds is 7. The molecule has 21 heavy (non-hydrogen) atoms. The minimum Gasteiger partial charge on any atom is -0.366 e. The van der Waals surface area contributed by atoms with Gasteiger partial charge >= 0.3 is 0 Å². The van der Waals surface area contributed by atoms with Gasteiger partial charge in [-0.25, -0.2) is 0 Å². The number of hydrogen-bond donors (Lipinski definition) is 2. The number of nitrogens with one attached hydrogen (secondary N) is 1. The van der Waals surface area contributed by atoms with Crippen molar-refractivity contribution in [2.45, 2.75) is 26.8 Å². The average molecular weight is 302 g/mol. The topological polar surface area (TPSA) is 55.1 Å². The summed E-state index contributed by atoms with van der Waals surface area (Å²) in [6, 6.07) is 11.7. The third-order valence-electron chi connectivity index (χ3n) is 3.31. The van der Waals surface area contributed by atoms with Gasteiger partial charge in [-0.2, -0.15) is 0 Å². The van der Waals surface area contributed by atoms with Crippen molar-refractivity contribution in [3.05, 3.63) is 46.8 Å². The van der Waals surface area contributed by atoms with Crippen LogP contribution in [0, 0.1) is 5.92 Å². The fourth-order valence-electron chi connectivity index (χ4n) is 2.03. The Morgan fingerprint density at radius 3 is 2.52 bits per heavy atom. The molecule has 0 fully saturated rings. The van der Waals surface area contributed by atoms with Crippen molar-refractivity contribution < 1.29 is 4.79 Å². The largest absolute Gasteiger partial charge is 0.366 e. The molecule has 2 aromatic rings. The predicted octanol–water partition coefficient (Wildman–Crippen LogP) is 3.65. The maximum Gasteiger partial charge on any atom is 0.248 e. The van der Waals surface area contributed by atoms with Gasteiger partial charge in [-0.3, -0.25) is 4.79 Å². The molecule has 0 aliphatic carbocycles. The Morgan fingerprint density at radius 1 is 1.19 bits per heavy atom. The molecule has 3 N–H and O–H groups in total. The van der Waals surface area contributed by atoms with Gasteiger partial charge < -0.3 is 11.1 Å². The van der Waals surface area contributed by atoms with E-state index in [0.29, 0.717) is 5.56 Å². The van der Waals surface area contributed by atoms with Gasteiger partial charge in [0.25, 0.3) is 0 Å². The second-order valence-electron chi connectivity index (χ2n) is 5.57. The first-order chi connectivity index (χ1) is 10.1. The minimum absolute atomic E-state index is 0.386. The predicted molar refractivity (Wildman–Crippen MR) is 89.4 cm³/mol. The van der Waals surface area contributed by atoms with Crippen LogP contribution in [0.3, 0.4) is 0 Å². The molecule has 1 amide bonds. The Morgan fingerprint density at radius 2 is 1.90 bits per heavy atom. The quantitative estimate of drug-likeness (QED) is 0.767. The molecule has 0 saturated carbocycles. The molecule has 1 heterocycles. The summed E-state index contributed by atoms with van der Waals surface area (Å²) in [5, 5.41) is 3.47. The van der Waals surface area contributed by atoms with Crippen molar-refractivity contribution in [3.8, 4) is 10.4 Å². The Hall–Kier alpha value is -1.65. The zero-order valence-electron chi connectivity index (χ0n) is 12.6. The van der Waals surface area contributed by atoms with Crippen LogP contribution in [0.2, 0.25) is 0 Å². The van der Waals surface area contributed by atoms with Gasteiger partial charge in [-0.1, -0.05) is 26.0 Å². The van der Waals surface area contributed by atoms with E-state index in [1.54, 1.807) is 23.5 Å². The van der Waals surface area contributed by atoms with Crippen molar-refractivity contribution in [1.29, 1.82) is 0 Å². The molecule has 0 atom stereocenters. The molecule has 1 aromatic carbocycles. The lowest BCUT2D eigenvalue weighted by atomic mass is 10.1. The van der Waals surface area contributed by atoms with Crippen molar-refractivity contribution in [1.82, 2.24) is 5.32 Å². The number of benzene rings is 1. The number of primary amides is 1. The number of carbonyl (C=O) groups excluding carboxylic acids is 1. The normalized spacial score (nSPS) is 11.0. The molecule has 112 valence electrons. The van der Waals surface area contributed by atoms with Gasteiger partial charge in [-0.15, -0.1) is 11.3 Å². The Labute approximate surface area is 130 Å². The van der Waals surface area contributed by atoms with Crippen LogP contribution in [0.4, 0.5) is 0 Å². The molecule has 1 aromatic heterocycles. The number of amides is 1. The molecule has 3 nitrogen and oxygen atoms in total. The van der Waals surface area contributed by atoms with Gasteiger partial charge in [0.1, 0.15) is 0 Å². The van der Waals surface area contributed by atoms with Crippen LogP contribution in [-0.4, -0.2) is 12.5 Å². The van der Waals surface area contributed by atoms with E-state index in [2.05, 4.69) is 31.3 Å². The summed E-state index contributed by atoms with van der Waals surface area (Å²) >= 11 is 1.78. The molecule has 2 rings (SSSR count). The molecule has 0 spiro atoms. The molecular formula is C17H22N2OS. The van der Waals surface area contributed by atoms with Crippen LogP contribution in [0.25, 0.3) is 10.4 Å². The molecule has 0 radical (unpaired) electrons. The Bertz CT molecular complexity index is 587. The van der Waals surface area contributed by atoms with E-state index in [0.717, 1.165) is 24.6 Å². The van der Waals surface area contributed by atoms with Gasteiger partial charge in [0.2, 0.25) is 5.91 Å². The van der Waals surface area contributed by atoms with Crippen LogP contribution in [-0.2, 0) is 6.54 Å². The number of nitrogens with two attached hydrogens (primary N) is 1. The second kappa shape index (κ2) is 7.38. The monoisotopic (exact) mass is 302 g/mol. The molecule has 0 aliphatic rings. The number of hydrogen-bond acceptors (Lipinski definition) is 3. The summed E-state index contributed by atoms with van der Waals surface area (Å²) in [5.41, 5.74) is 6.92. The third kappa shape index (κ3) is 4.69. The van der Waals surface area contributed by atoms with Gasteiger partial charge in [0, 0.05) is 21.9 Å². The first kappa shape index (κ1) is 15.7. The van der Waals surface area contributed by atoms with Gasteiger partial charge in [0.05, 0.1) is 0 Å².